The number of hydrogen-bond acceptors (Lipinski definition) is 0. The van der Waals surface area contributed by atoms with Crippen molar-refractivity contribution in [3.05, 3.63) is 137 Å². The first-order valence-electron chi connectivity index (χ1n) is 20.3. The Morgan fingerprint density at radius 1 is 0.902 bits per heavy atom. The highest BCUT2D eigenvalue weighted by Gasteiger charge is 2.62. The van der Waals surface area contributed by atoms with E-state index in [9.17, 15) is 0 Å². The van der Waals surface area contributed by atoms with Gasteiger partial charge in [-0.15, -0.1) is 13.2 Å². The zero-order valence-corrected chi connectivity index (χ0v) is 34.9. The van der Waals surface area contributed by atoms with Crippen LogP contribution >= 0.6 is 0 Å². The van der Waals surface area contributed by atoms with Crippen LogP contribution in [0.5, 0.6) is 0 Å². The monoisotopic (exact) mass is 687 g/mol. The Morgan fingerprint density at radius 3 is 2.18 bits per heavy atom. The molecule has 2 aromatic rings. The third-order valence-corrected chi connectivity index (χ3v) is 13.6. The van der Waals surface area contributed by atoms with Gasteiger partial charge in [0.25, 0.3) is 0 Å². The highest BCUT2D eigenvalue weighted by atomic mass is 14.7. The Balaban J connectivity index is 0.000000222. The molecule has 0 nitrogen and oxygen atoms in total. The average Bonchev–Trinajstić information content (AvgIpc) is 3.45. The van der Waals surface area contributed by atoms with Crippen LogP contribution in [-0.4, -0.2) is 0 Å². The summed E-state index contributed by atoms with van der Waals surface area (Å²) in [5.74, 6) is 2.38. The SMILES string of the molecule is C=C.C=C(C)c1ccccc1CC.C=C1C=CC2(C)C(=C1)CCC1(C)C2CCC2(C)C(=CCC)CCC21.CCCC(C)c1c(C)ccc(C)c1C. The smallest absolute Gasteiger partial charge is 0.0103 e. The van der Waals surface area contributed by atoms with Gasteiger partial charge in [-0.1, -0.05) is 145 Å². The molecular formula is C51H74. The summed E-state index contributed by atoms with van der Waals surface area (Å²) in [7, 11) is 0. The van der Waals surface area contributed by atoms with Gasteiger partial charge in [-0.3, -0.25) is 0 Å². The fourth-order valence-electron chi connectivity index (χ4n) is 10.9. The van der Waals surface area contributed by atoms with Crippen LogP contribution in [-0.2, 0) is 6.42 Å². The lowest BCUT2D eigenvalue weighted by Crippen LogP contribution is -2.54. The fourth-order valence-corrected chi connectivity index (χ4v) is 10.9. The molecule has 0 N–H and O–H groups in total. The normalized spacial score (nSPS) is 28.6. The van der Waals surface area contributed by atoms with Crippen molar-refractivity contribution >= 4 is 5.57 Å². The Bertz CT molecular complexity index is 1610. The van der Waals surface area contributed by atoms with Crippen LogP contribution in [0.15, 0.2) is 104 Å². The van der Waals surface area contributed by atoms with Gasteiger partial charge in [-0.25, -0.2) is 0 Å². The van der Waals surface area contributed by atoms with E-state index in [1.54, 1.807) is 16.7 Å². The third kappa shape index (κ3) is 8.75. The lowest BCUT2D eigenvalue weighted by molar-refractivity contribution is -0.0797. The summed E-state index contributed by atoms with van der Waals surface area (Å²) in [6.07, 6.45) is 22.8. The second kappa shape index (κ2) is 18.1. The highest BCUT2D eigenvalue weighted by molar-refractivity contribution is 5.64. The van der Waals surface area contributed by atoms with Gasteiger partial charge in [0.05, 0.1) is 0 Å². The summed E-state index contributed by atoms with van der Waals surface area (Å²) in [5.41, 5.74) is 15.7. The zero-order chi connectivity index (χ0) is 38.1. The maximum absolute atomic E-state index is 4.18. The van der Waals surface area contributed by atoms with Crippen molar-refractivity contribution in [3.8, 4) is 0 Å². The Hall–Kier alpha value is -3.12. The summed E-state index contributed by atoms with van der Waals surface area (Å²) in [6, 6.07) is 12.9. The van der Waals surface area contributed by atoms with E-state index in [1.165, 1.54) is 91.2 Å². The maximum atomic E-state index is 4.18. The van der Waals surface area contributed by atoms with Crippen LogP contribution < -0.4 is 0 Å². The molecule has 0 bridgehead atoms. The van der Waals surface area contributed by atoms with Gasteiger partial charge in [-0.05, 0) is 153 Å². The summed E-state index contributed by atoms with van der Waals surface area (Å²) in [6.45, 7) is 39.7. The fraction of sp³-hybridized carbons (Fsp3) is 0.529. The van der Waals surface area contributed by atoms with Crippen molar-refractivity contribution < 1.29 is 0 Å². The Kier molecular flexibility index (Phi) is 15.0. The van der Waals surface area contributed by atoms with Gasteiger partial charge >= 0.3 is 0 Å². The van der Waals surface area contributed by atoms with Crippen LogP contribution in [0.3, 0.4) is 0 Å². The number of rotatable bonds is 6. The minimum atomic E-state index is 0.271. The molecule has 0 saturated heterocycles. The van der Waals surface area contributed by atoms with Crippen molar-refractivity contribution in [2.75, 3.05) is 0 Å². The molecule has 3 saturated carbocycles. The predicted octanol–water partition coefficient (Wildman–Crippen LogP) is 15.6. The van der Waals surface area contributed by atoms with E-state index in [1.807, 2.05) is 0 Å². The molecular weight excluding hydrogens is 613 g/mol. The van der Waals surface area contributed by atoms with E-state index in [2.05, 4.69) is 163 Å². The van der Waals surface area contributed by atoms with Crippen molar-refractivity contribution in [1.82, 2.24) is 0 Å². The molecule has 4 aliphatic carbocycles. The summed E-state index contributed by atoms with van der Waals surface area (Å²) in [4.78, 5) is 0. The number of allylic oxidation sites excluding steroid dienone is 8. The quantitative estimate of drug-likeness (QED) is 0.265. The third-order valence-electron chi connectivity index (χ3n) is 13.6. The first kappa shape index (κ1) is 42.3. The van der Waals surface area contributed by atoms with Crippen LogP contribution in [0.4, 0.5) is 0 Å². The van der Waals surface area contributed by atoms with E-state index < -0.39 is 0 Å². The molecule has 0 amide bonds. The van der Waals surface area contributed by atoms with Crippen LogP contribution in [0.1, 0.15) is 152 Å². The summed E-state index contributed by atoms with van der Waals surface area (Å²) >= 11 is 0. The van der Waals surface area contributed by atoms with E-state index in [0.717, 1.165) is 23.8 Å². The van der Waals surface area contributed by atoms with Gasteiger partial charge in [0, 0.05) is 5.41 Å². The minimum Gasteiger partial charge on any atom is -0.106 e. The second-order valence-electron chi connectivity index (χ2n) is 16.8. The van der Waals surface area contributed by atoms with E-state index in [0.29, 0.717) is 16.7 Å². The molecule has 6 atom stereocenters. The molecule has 6 rings (SSSR count). The first-order valence-corrected chi connectivity index (χ1v) is 20.3. The lowest BCUT2D eigenvalue weighted by Gasteiger charge is -2.62. The molecule has 0 spiro atoms. The average molecular weight is 687 g/mol. The van der Waals surface area contributed by atoms with Gasteiger partial charge < -0.3 is 0 Å². The summed E-state index contributed by atoms with van der Waals surface area (Å²) < 4.78 is 0. The van der Waals surface area contributed by atoms with Gasteiger partial charge in [-0.2, -0.15) is 0 Å². The standard InChI is InChI=1S/C24H34.C14H22.C11H14.C2H4/c1-6-7-18-8-9-20-22(18,3)15-12-21-23(4)13-10-17(2)16-19(23)11-14-24(20,21)5;1-6-7-11(3)14-12(4)9-8-10(2)13(14)5;1-4-10-7-5-6-8-11(10)9(2)3;1-2/h7,10,13,16,20-21H,2,6,8-9,11-12,14-15H2,1,3-5H3;8-9,11H,6-7H2,1-5H3;5-8H,2,4H2,1,3H3;1-2H2. The van der Waals surface area contributed by atoms with Gasteiger partial charge in [0.15, 0.2) is 0 Å². The summed E-state index contributed by atoms with van der Waals surface area (Å²) in [5, 5.41) is 0. The molecule has 51 heavy (non-hydrogen) atoms. The van der Waals surface area contributed by atoms with Gasteiger partial charge in [0.1, 0.15) is 0 Å². The molecule has 0 aliphatic heterocycles. The largest absolute Gasteiger partial charge is 0.106 e. The van der Waals surface area contributed by atoms with E-state index in [-0.39, 0.29) is 5.41 Å². The topological polar surface area (TPSA) is 0 Å². The first-order chi connectivity index (χ1) is 24.2. The molecule has 0 aromatic heterocycles. The van der Waals surface area contributed by atoms with E-state index >= 15 is 0 Å². The van der Waals surface area contributed by atoms with Crippen LogP contribution in [0.25, 0.3) is 5.57 Å². The zero-order valence-electron chi connectivity index (χ0n) is 34.9. The molecule has 3 fully saturated rings. The number of fused-ring (bicyclic) bond motifs is 5. The number of aryl methyl sites for hydroxylation is 3. The molecule has 4 aliphatic rings. The number of hydrogen-bond donors (Lipinski definition) is 0. The lowest BCUT2D eigenvalue weighted by atomic mass is 9.42. The highest BCUT2D eigenvalue weighted by Crippen LogP contribution is 2.71. The molecule has 278 valence electrons. The van der Waals surface area contributed by atoms with Crippen molar-refractivity contribution in [2.45, 2.75) is 146 Å². The predicted molar refractivity (Wildman–Crippen MR) is 229 cm³/mol. The molecule has 0 radical (unpaired) electrons. The van der Waals surface area contributed by atoms with Crippen molar-refractivity contribution in [1.29, 1.82) is 0 Å². The molecule has 0 heteroatoms. The van der Waals surface area contributed by atoms with Crippen molar-refractivity contribution in [3.63, 3.8) is 0 Å². The van der Waals surface area contributed by atoms with Crippen LogP contribution in [0.2, 0.25) is 0 Å². The second-order valence-corrected chi connectivity index (χ2v) is 16.8. The van der Waals surface area contributed by atoms with Crippen LogP contribution in [0, 0.1) is 48.9 Å². The Morgan fingerprint density at radius 2 is 1.57 bits per heavy atom. The Labute approximate surface area is 316 Å². The number of benzene rings is 2. The molecule has 0 heterocycles. The van der Waals surface area contributed by atoms with E-state index in [4.69, 9.17) is 0 Å². The van der Waals surface area contributed by atoms with Crippen molar-refractivity contribution in [2.24, 2.45) is 28.1 Å². The minimum absolute atomic E-state index is 0.271. The van der Waals surface area contributed by atoms with Gasteiger partial charge in [0.2, 0.25) is 0 Å². The maximum Gasteiger partial charge on any atom is 0.0103 e. The molecule has 2 aromatic carbocycles. The molecule has 6 unspecified atom stereocenters.